The normalized spacial score (nSPS) is 13.4. The molecule has 0 saturated heterocycles. The number of nitrogens with one attached hydrogen (secondary N) is 1. The minimum atomic E-state index is -4.96. The lowest BCUT2D eigenvalue weighted by atomic mass is 9.85. The van der Waals surface area contributed by atoms with Crippen LogP contribution in [0.1, 0.15) is 23.5 Å². The molecule has 0 aliphatic heterocycles. The Labute approximate surface area is 176 Å². The molecule has 0 radical (unpaired) electrons. The second-order valence-corrected chi connectivity index (χ2v) is 8.55. The minimum absolute atomic E-state index is 0.246. The van der Waals surface area contributed by atoms with Gasteiger partial charge in [0.25, 0.3) is 0 Å². The summed E-state index contributed by atoms with van der Waals surface area (Å²) in [6.07, 6.45) is -5.55. The second kappa shape index (κ2) is 7.85. The molecular weight excluding hydrogens is 430 g/mol. The molecule has 0 spiro atoms. The summed E-state index contributed by atoms with van der Waals surface area (Å²) in [6.45, 7) is 0. The van der Waals surface area contributed by atoms with E-state index in [1.807, 2.05) is 0 Å². The Kier molecular flexibility index (Phi) is 5.35. The molecule has 160 valence electrons. The standard InChI is InChI=1S/C23H17F4NO2S/c24-23(25,26)14-19(15-7-3-1-4-8-15)21-18-12-11-17(31(27,29)30)13-20(18)28-22(21)16-9-5-2-6-10-16/h1-13,19,28H,14H2. The van der Waals surface area contributed by atoms with Gasteiger partial charge in [-0.05, 0) is 28.8 Å². The topological polar surface area (TPSA) is 49.9 Å². The van der Waals surface area contributed by atoms with Crippen LogP contribution in [0.5, 0.6) is 0 Å². The van der Waals surface area contributed by atoms with Crippen LogP contribution in [0.4, 0.5) is 17.1 Å². The molecule has 8 heteroatoms. The van der Waals surface area contributed by atoms with Crippen molar-refractivity contribution in [1.82, 2.24) is 4.98 Å². The van der Waals surface area contributed by atoms with Crippen LogP contribution in [-0.2, 0) is 10.2 Å². The summed E-state index contributed by atoms with van der Waals surface area (Å²) in [4.78, 5) is 2.47. The van der Waals surface area contributed by atoms with Crippen molar-refractivity contribution in [3.05, 3.63) is 90.0 Å². The van der Waals surface area contributed by atoms with Crippen molar-refractivity contribution in [2.24, 2.45) is 0 Å². The molecule has 0 bridgehead atoms. The summed E-state index contributed by atoms with van der Waals surface area (Å²) in [5.41, 5.74) is 2.17. The highest BCUT2D eigenvalue weighted by Crippen LogP contribution is 2.44. The number of halogens is 4. The molecule has 0 aliphatic carbocycles. The molecule has 0 amide bonds. The Morgan fingerprint density at radius 1 is 0.871 bits per heavy atom. The molecule has 4 rings (SSSR count). The molecule has 1 heterocycles. The van der Waals surface area contributed by atoms with Gasteiger partial charge in [0.2, 0.25) is 0 Å². The highest BCUT2D eigenvalue weighted by molar-refractivity contribution is 7.86. The van der Waals surface area contributed by atoms with E-state index in [9.17, 15) is 25.5 Å². The van der Waals surface area contributed by atoms with Gasteiger partial charge in [0.15, 0.2) is 0 Å². The Morgan fingerprint density at radius 2 is 1.48 bits per heavy atom. The van der Waals surface area contributed by atoms with E-state index in [1.165, 1.54) is 6.07 Å². The molecule has 1 atom stereocenters. The van der Waals surface area contributed by atoms with E-state index in [-0.39, 0.29) is 5.52 Å². The molecular formula is C23H17F4NO2S. The summed E-state index contributed by atoms with van der Waals surface area (Å²) in [5, 5.41) is 0.407. The lowest BCUT2D eigenvalue weighted by Crippen LogP contribution is -2.15. The molecule has 1 N–H and O–H groups in total. The Morgan fingerprint density at radius 3 is 2.06 bits per heavy atom. The van der Waals surface area contributed by atoms with Gasteiger partial charge in [0, 0.05) is 16.8 Å². The van der Waals surface area contributed by atoms with Gasteiger partial charge >= 0.3 is 16.4 Å². The van der Waals surface area contributed by atoms with Crippen molar-refractivity contribution in [3.63, 3.8) is 0 Å². The molecule has 31 heavy (non-hydrogen) atoms. The predicted molar refractivity (Wildman–Crippen MR) is 111 cm³/mol. The highest BCUT2D eigenvalue weighted by atomic mass is 32.3. The van der Waals surface area contributed by atoms with Gasteiger partial charge in [-0.3, -0.25) is 0 Å². The number of rotatable bonds is 5. The van der Waals surface area contributed by atoms with Crippen molar-refractivity contribution in [3.8, 4) is 11.3 Å². The van der Waals surface area contributed by atoms with Gasteiger partial charge in [-0.2, -0.15) is 21.6 Å². The molecule has 1 aromatic heterocycles. The monoisotopic (exact) mass is 447 g/mol. The van der Waals surface area contributed by atoms with E-state index in [2.05, 4.69) is 4.98 Å². The smallest absolute Gasteiger partial charge is 0.354 e. The van der Waals surface area contributed by atoms with Crippen molar-refractivity contribution in [2.45, 2.75) is 23.4 Å². The number of hydrogen-bond donors (Lipinski definition) is 1. The maximum atomic E-state index is 13.6. The first-order valence-corrected chi connectivity index (χ1v) is 10.8. The largest absolute Gasteiger partial charge is 0.390 e. The summed E-state index contributed by atoms with van der Waals surface area (Å²) < 4.78 is 77.0. The molecule has 0 saturated carbocycles. The van der Waals surface area contributed by atoms with E-state index in [4.69, 9.17) is 0 Å². The molecule has 0 fully saturated rings. The van der Waals surface area contributed by atoms with Crippen LogP contribution in [0.25, 0.3) is 22.2 Å². The third kappa shape index (κ3) is 4.49. The van der Waals surface area contributed by atoms with Gasteiger partial charge in [0.05, 0.1) is 12.1 Å². The highest BCUT2D eigenvalue weighted by Gasteiger charge is 2.36. The van der Waals surface area contributed by atoms with Crippen LogP contribution in [0, 0.1) is 0 Å². The number of alkyl halides is 3. The third-order valence-electron chi connectivity index (χ3n) is 5.14. The average Bonchev–Trinajstić information content (AvgIpc) is 3.11. The van der Waals surface area contributed by atoms with E-state index >= 15 is 0 Å². The maximum Gasteiger partial charge on any atom is 0.390 e. The van der Waals surface area contributed by atoms with Crippen molar-refractivity contribution >= 4 is 21.1 Å². The van der Waals surface area contributed by atoms with Gasteiger partial charge in [-0.1, -0.05) is 66.7 Å². The second-order valence-electron chi connectivity index (χ2n) is 7.21. The molecule has 1 unspecified atom stereocenters. The first-order valence-electron chi connectivity index (χ1n) is 9.41. The molecule has 4 aromatic rings. The molecule has 3 nitrogen and oxygen atoms in total. The summed E-state index contributed by atoms with van der Waals surface area (Å²) in [7, 11) is -4.96. The number of benzene rings is 3. The zero-order valence-electron chi connectivity index (χ0n) is 16.0. The third-order valence-corrected chi connectivity index (χ3v) is 5.96. The van der Waals surface area contributed by atoms with Gasteiger partial charge in [-0.15, -0.1) is 3.89 Å². The zero-order valence-corrected chi connectivity index (χ0v) is 16.8. The number of hydrogen-bond acceptors (Lipinski definition) is 2. The predicted octanol–water partition coefficient (Wildman–Crippen LogP) is 6.58. The van der Waals surface area contributed by atoms with E-state index < -0.39 is 33.6 Å². The fourth-order valence-electron chi connectivity index (χ4n) is 3.85. The number of fused-ring (bicyclic) bond motifs is 1. The number of aromatic nitrogens is 1. The van der Waals surface area contributed by atoms with E-state index in [0.717, 1.165) is 12.1 Å². The van der Waals surface area contributed by atoms with Crippen LogP contribution in [0.3, 0.4) is 0 Å². The lowest BCUT2D eigenvalue weighted by Gasteiger charge is -2.21. The maximum absolute atomic E-state index is 13.6. The fourth-order valence-corrected chi connectivity index (χ4v) is 4.34. The Bertz CT molecular complexity index is 1310. The van der Waals surface area contributed by atoms with Crippen LogP contribution in [0.2, 0.25) is 0 Å². The Balaban J connectivity index is 2.03. The van der Waals surface area contributed by atoms with Crippen LogP contribution in [0.15, 0.2) is 83.8 Å². The van der Waals surface area contributed by atoms with Crippen molar-refractivity contribution in [1.29, 1.82) is 0 Å². The number of H-pyrrole nitrogens is 1. The van der Waals surface area contributed by atoms with Crippen LogP contribution >= 0.6 is 0 Å². The molecule has 0 aliphatic rings. The van der Waals surface area contributed by atoms with Crippen LogP contribution in [-0.4, -0.2) is 19.6 Å². The zero-order chi connectivity index (χ0) is 22.2. The SMILES string of the molecule is O=S(=O)(F)c1ccc2c(C(CC(F)(F)F)c3ccccc3)c(-c3ccccc3)[nH]c2c1. The van der Waals surface area contributed by atoms with Crippen LogP contribution < -0.4 is 0 Å². The summed E-state index contributed by atoms with van der Waals surface area (Å²) in [6, 6.07) is 20.6. The fraction of sp³-hybridized carbons (Fsp3) is 0.130. The van der Waals surface area contributed by atoms with Gasteiger partial charge in [0.1, 0.15) is 4.90 Å². The van der Waals surface area contributed by atoms with E-state index in [0.29, 0.717) is 27.8 Å². The molecule has 3 aromatic carbocycles. The minimum Gasteiger partial charge on any atom is -0.354 e. The Hall–Kier alpha value is -3.13. The number of aromatic amines is 1. The first kappa shape index (κ1) is 21.1. The first-order chi connectivity index (χ1) is 14.6. The average molecular weight is 447 g/mol. The van der Waals surface area contributed by atoms with Gasteiger partial charge in [-0.25, -0.2) is 0 Å². The lowest BCUT2D eigenvalue weighted by molar-refractivity contribution is -0.136. The summed E-state index contributed by atoms with van der Waals surface area (Å²) in [5.74, 6) is -1.04. The van der Waals surface area contributed by atoms with Gasteiger partial charge < -0.3 is 4.98 Å². The van der Waals surface area contributed by atoms with E-state index in [1.54, 1.807) is 60.7 Å². The quantitative estimate of drug-likeness (QED) is 0.278. The summed E-state index contributed by atoms with van der Waals surface area (Å²) >= 11 is 0. The van der Waals surface area contributed by atoms with Crippen molar-refractivity contribution in [2.75, 3.05) is 0 Å². The van der Waals surface area contributed by atoms with Crippen molar-refractivity contribution < 1.29 is 25.5 Å².